The summed E-state index contributed by atoms with van der Waals surface area (Å²) in [4.78, 5) is 33.3. The van der Waals surface area contributed by atoms with Gasteiger partial charge >= 0.3 is 0 Å². The Morgan fingerprint density at radius 2 is 1.86 bits per heavy atom. The molecule has 0 heterocycles. The fraction of sp³-hybridized carbons (Fsp3) is 0.286. The molecule has 0 unspecified atom stereocenters. The van der Waals surface area contributed by atoms with Crippen molar-refractivity contribution in [1.82, 2.24) is 0 Å². The van der Waals surface area contributed by atoms with Crippen molar-refractivity contribution in [2.24, 2.45) is 11.8 Å². The zero-order chi connectivity index (χ0) is 15.4. The summed E-state index contributed by atoms with van der Waals surface area (Å²) in [5.74, 6) is -3.36. The summed E-state index contributed by atoms with van der Waals surface area (Å²) < 4.78 is 0. The number of carboxylic acid groups (broad SMARTS) is 1. The maximum absolute atomic E-state index is 12.2. The maximum Gasteiger partial charge on any atom is 0.271 e. The summed E-state index contributed by atoms with van der Waals surface area (Å²) in [6.07, 6.45) is 4.00. The third-order valence-corrected chi connectivity index (χ3v) is 3.40. The van der Waals surface area contributed by atoms with Gasteiger partial charge in [0.05, 0.1) is 10.8 Å². The molecular weight excluding hydrogens is 276 g/mol. The second-order valence-corrected chi connectivity index (χ2v) is 4.77. The topological polar surface area (TPSA) is 112 Å². The highest BCUT2D eigenvalue weighted by Gasteiger charge is 2.29. The molecule has 2 atom stereocenters. The molecule has 1 aromatic carbocycles. The van der Waals surface area contributed by atoms with E-state index in [2.05, 4.69) is 5.32 Å². The summed E-state index contributed by atoms with van der Waals surface area (Å²) >= 11 is 0. The minimum atomic E-state index is -1.27. The average molecular weight is 289 g/mol. The highest BCUT2D eigenvalue weighted by atomic mass is 16.6. The summed E-state index contributed by atoms with van der Waals surface area (Å²) in [5, 5.41) is 24.3. The van der Waals surface area contributed by atoms with Crippen LogP contribution in [0.4, 0.5) is 11.4 Å². The Kier molecular flexibility index (Phi) is 4.32. The fourth-order valence-electron chi connectivity index (χ4n) is 2.30. The van der Waals surface area contributed by atoms with E-state index in [9.17, 15) is 24.8 Å². The normalized spacial score (nSPS) is 20.8. The van der Waals surface area contributed by atoms with Crippen molar-refractivity contribution >= 4 is 23.3 Å². The lowest BCUT2D eigenvalue weighted by Gasteiger charge is -2.28. The highest BCUT2D eigenvalue weighted by Crippen LogP contribution is 2.27. The zero-order valence-electron chi connectivity index (χ0n) is 11.0. The van der Waals surface area contributed by atoms with Gasteiger partial charge in [-0.1, -0.05) is 18.2 Å². The number of anilines is 1. The van der Waals surface area contributed by atoms with Crippen molar-refractivity contribution in [1.29, 1.82) is 0 Å². The van der Waals surface area contributed by atoms with E-state index in [0.717, 1.165) is 0 Å². The summed E-state index contributed by atoms with van der Waals surface area (Å²) in [5.41, 5.74) is 0.119. The number of nitrogens with zero attached hydrogens (tertiary/aromatic N) is 1. The molecule has 2 rings (SSSR count). The summed E-state index contributed by atoms with van der Waals surface area (Å²) in [6.45, 7) is 0. The fourth-order valence-corrected chi connectivity index (χ4v) is 2.30. The molecule has 1 amide bonds. The van der Waals surface area contributed by atoms with Gasteiger partial charge in [0.1, 0.15) is 0 Å². The molecule has 0 spiro atoms. The van der Waals surface area contributed by atoms with E-state index in [-0.39, 0.29) is 17.8 Å². The van der Waals surface area contributed by atoms with Crippen LogP contribution in [0, 0.1) is 22.0 Å². The molecule has 0 saturated carbocycles. The van der Waals surface area contributed by atoms with Crippen LogP contribution in [-0.4, -0.2) is 16.8 Å². The molecule has 0 aromatic heterocycles. The molecule has 0 bridgehead atoms. The van der Waals surface area contributed by atoms with Gasteiger partial charge in [0, 0.05) is 29.7 Å². The molecule has 1 aliphatic carbocycles. The molecule has 1 aromatic rings. The van der Waals surface area contributed by atoms with Crippen LogP contribution in [-0.2, 0) is 9.59 Å². The number of nitro benzene ring substituents is 1. The van der Waals surface area contributed by atoms with Gasteiger partial charge in [0.15, 0.2) is 0 Å². The van der Waals surface area contributed by atoms with Crippen LogP contribution in [0.25, 0.3) is 0 Å². The predicted molar refractivity (Wildman–Crippen MR) is 72.1 cm³/mol. The maximum atomic E-state index is 12.2. The number of nitro groups is 1. The Balaban J connectivity index is 2.13. The first-order chi connectivity index (χ1) is 9.99. The number of carbonyl (C=O) groups is 2. The number of aliphatic carboxylic acids is 1. The van der Waals surface area contributed by atoms with Gasteiger partial charge in [0.25, 0.3) is 5.69 Å². The van der Waals surface area contributed by atoms with Gasteiger partial charge in [0.2, 0.25) is 5.91 Å². The SMILES string of the molecule is O=C(Nc1cccc([N+](=O)[O-])c1)[C@H]1CC=CC[C@H]1C(=O)[O-]. The zero-order valence-corrected chi connectivity index (χ0v) is 11.0. The van der Waals surface area contributed by atoms with Crippen LogP contribution in [0.5, 0.6) is 0 Å². The lowest BCUT2D eigenvalue weighted by Crippen LogP contribution is -2.41. The Morgan fingerprint density at radius 3 is 2.48 bits per heavy atom. The van der Waals surface area contributed by atoms with E-state index >= 15 is 0 Å². The molecule has 7 heteroatoms. The van der Waals surface area contributed by atoms with Gasteiger partial charge in [-0.05, 0) is 18.9 Å². The second-order valence-electron chi connectivity index (χ2n) is 4.77. The van der Waals surface area contributed by atoms with Crippen molar-refractivity contribution < 1.29 is 19.6 Å². The highest BCUT2D eigenvalue weighted by molar-refractivity contribution is 5.95. The van der Waals surface area contributed by atoms with Gasteiger partial charge < -0.3 is 15.2 Å². The van der Waals surface area contributed by atoms with E-state index in [0.29, 0.717) is 6.42 Å². The third kappa shape index (κ3) is 3.44. The van der Waals surface area contributed by atoms with E-state index in [1.165, 1.54) is 24.3 Å². The number of allylic oxidation sites excluding steroid dienone is 2. The number of rotatable bonds is 4. The van der Waals surface area contributed by atoms with Gasteiger partial charge in [-0.2, -0.15) is 0 Å². The first-order valence-electron chi connectivity index (χ1n) is 6.40. The number of hydrogen-bond acceptors (Lipinski definition) is 5. The minimum Gasteiger partial charge on any atom is -0.550 e. The number of non-ortho nitro benzene ring substituents is 1. The Morgan fingerprint density at radius 1 is 1.19 bits per heavy atom. The van der Waals surface area contributed by atoms with Gasteiger partial charge in [-0.25, -0.2) is 0 Å². The van der Waals surface area contributed by atoms with E-state index < -0.39 is 28.6 Å². The lowest BCUT2D eigenvalue weighted by molar-refractivity contribution is -0.384. The quantitative estimate of drug-likeness (QED) is 0.502. The van der Waals surface area contributed by atoms with Crippen LogP contribution in [0.3, 0.4) is 0 Å². The van der Waals surface area contributed by atoms with Crippen molar-refractivity contribution in [3.05, 3.63) is 46.5 Å². The van der Waals surface area contributed by atoms with Crippen LogP contribution < -0.4 is 10.4 Å². The Bertz CT molecular complexity index is 611. The molecule has 0 aliphatic heterocycles. The largest absolute Gasteiger partial charge is 0.550 e. The molecular formula is C14H13N2O5-. The smallest absolute Gasteiger partial charge is 0.271 e. The number of benzene rings is 1. The van der Waals surface area contributed by atoms with Crippen molar-refractivity contribution in [3.63, 3.8) is 0 Å². The number of amides is 1. The first kappa shape index (κ1) is 14.7. The average Bonchev–Trinajstić information content (AvgIpc) is 2.47. The molecule has 7 nitrogen and oxygen atoms in total. The van der Waals surface area contributed by atoms with Crippen LogP contribution in [0.1, 0.15) is 12.8 Å². The van der Waals surface area contributed by atoms with E-state index in [1.807, 2.05) is 0 Å². The third-order valence-electron chi connectivity index (χ3n) is 3.40. The van der Waals surface area contributed by atoms with Crippen LogP contribution in [0.2, 0.25) is 0 Å². The molecule has 21 heavy (non-hydrogen) atoms. The standard InChI is InChI=1S/C14H14N2O5/c17-13(11-6-1-2-7-12(11)14(18)19)15-9-4-3-5-10(8-9)16(20)21/h1-5,8,11-12H,6-7H2,(H,15,17)(H,18,19)/p-1/t11-,12+/m0/s1. The predicted octanol–water partition coefficient (Wildman–Crippen LogP) is 0.866. The summed E-state index contributed by atoms with van der Waals surface area (Å²) in [6, 6.07) is 5.50. The minimum absolute atomic E-state index is 0.146. The van der Waals surface area contributed by atoms with Crippen LogP contribution >= 0.6 is 0 Å². The monoisotopic (exact) mass is 289 g/mol. The second kappa shape index (κ2) is 6.17. The molecule has 1 N–H and O–H groups in total. The van der Waals surface area contributed by atoms with Gasteiger partial charge in [-0.15, -0.1) is 0 Å². The summed E-state index contributed by atoms with van der Waals surface area (Å²) in [7, 11) is 0. The number of carbonyl (C=O) groups excluding carboxylic acids is 2. The van der Waals surface area contributed by atoms with Crippen LogP contribution in [0.15, 0.2) is 36.4 Å². The van der Waals surface area contributed by atoms with Gasteiger partial charge in [-0.3, -0.25) is 14.9 Å². The lowest BCUT2D eigenvalue weighted by atomic mass is 9.82. The van der Waals surface area contributed by atoms with Crippen molar-refractivity contribution in [2.75, 3.05) is 5.32 Å². The number of hydrogen-bond donors (Lipinski definition) is 1. The Hall–Kier alpha value is -2.70. The molecule has 1 aliphatic rings. The first-order valence-corrected chi connectivity index (χ1v) is 6.40. The van der Waals surface area contributed by atoms with Crippen molar-refractivity contribution in [3.8, 4) is 0 Å². The molecule has 0 fully saturated rings. The Labute approximate surface area is 120 Å². The molecule has 0 radical (unpaired) electrons. The molecule has 0 saturated heterocycles. The van der Waals surface area contributed by atoms with E-state index in [4.69, 9.17) is 0 Å². The molecule has 110 valence electrons. The number of carboxylic acids is 1. The van der Waals surface area contributed by atoms with E-state index in [1.54, 1.807) is 12.2 Å². The number of nitrogens with one attached hydrogen (secondary N) is 1. The van der Waals surface area contributed by atoms with Crippen molar-refractivity contribution in [2.45, 2.75) is 12.8 Å².